The van der Waals surface area contributed by atoms with E-state index in [1.807, 2.05) is 65.6 Å². The standard InChI is InChI=1S/C20H19N3OS3/c24-18(22-13-7-8-14-22)17(15-9-3-1-4-10-15)26-19-21-23(20(25)27-19)16-11-5-2-6-12-16/h1-6,9-12,17H,7-8,13-14H2. The molecule has 2 heterocycles. The van der Waals surface area contributed by atoms with Crippen LogP contribution in [0, 0.1) is 3.95 Å². The number of nitrogens with zero attached hydrogens (tertiary/aromatic N) is 3. The Balaban J connectivity index is 1.64. The zero-order chi connectivity index (χ0) is 18.6. The molecule has 138 valence electrons. The third-order valence-electron chi connectivity index (χ3n) is 4.49. The van der Waals surface area contributed by atoms with Crippen LogP contribution in [-0.2, 0) is 4.79 Å². The first-order valence-corrected chi connectivity index (χ1v) is 11.0. The van der Waals surface area contributed by atoms with Gasteiger partial charge < -0.3 is 4.90 Å². The molecule has 1 aliphatic rings. The molecule has 0 bridgehead atoms. The summed E-state index contributed by atoms with van der Waals surface area (Å²) in [5.74, 6) is 0.163. The molecule has 1 aromatic heterocycles. The molecule has 1 unspecified atom stereocenters. The summed E-state index contributed by atoms with van der Waals surface area (Å²) < 4.78 is 3.26. The number of thioether (sulfide) groups is 1. The van der Waals surface area contributed by atoms with Gasteiger partial charge in [0.05, 0.1) is 5.69 Å². The molecule has 0 aliphatic carbocycles. The average Bonchev–Trinajstić information content (AvgIpc) is 3.37. The van der Waals surface area contributed by atoms with Crippen LogP contribution in [-0.4, -0.2) is 33.7 Å². The van der Waals surface area contributed by atoms with Gasteiger partial charge in [0.2, 0.25) is 5.91 Å². The van der Waals surface area contributed by atoms with Crippen LogP contribution in [0.5, 0.6) is 0 Å². The Labute approximate surface area is 171 Å². The molecule has 27 heavy (non-hydrogen) atoms. The van der Waals surface area contributed by atoms with Crippen molar-refractivity contribution >= 4 is 41.2 Å². The first-order valence-electron chi connectivity index (χ1n) is 8.88. The van der Waals surface area contributed by atoms with Crippen molar-refractivity contribution in [1.29, 1.82) is 0 Å². The van der Waals surface area contributed by atoms with Gasteiger partial charge in [0, 0.05) is 13.1 Å². The molecular weight excluding hydrogens is 394 g/mol. The number of amides is 1. The average molecular weight is 414 g/mol. The highest BCUT2D eigenvalue weighted by atomic mass is 32.2. The third kappa shape index (κ3) is 4.15. The summed E-state index contributed by atoms with van der Waals surface area (Å²) in [6.07, 6.45) is 2.17. The molecule has 1 atom stereocenters. The molecule has 1 aliphatic heterocycles. The van der Waals surface area contributed by atoms with Crippen LogP contribution in [0.2, 0.25) is 0 Å². The van der Waals surface area contributed by atoms with Crippen LogP contribution in [0.1, 0.15) is 23.7 Å². The monoisotopic (exact) mass is 413 g/mol. The number of likely N-dealkylation sites (tertiary alicyclic amines) is 1. The summed E-state index contributed by atoms with van der Waals surface area (Å²) in [7, 11) is 0. The maximum absolute atomic E-state index is 13.2. The van der Waals surface area contributed by atoms with Crippen LogP contribution < -0.4 is 0 Å². The lowest BCUT2D eigenvalue weighted by molar-refractivity contribution is -0.129. The molecule has 7 heteroatoms. The normalized spacial score (nSPS) is 15.0. The third-order valence-corrected chi connectivity index (χ3v) is 7.05. The SMILES string of the molecule is O=C(C(Sc1nn(-c2ccccc2)c(=S)s1)c1ccccc1)N1CCCC1. The van der Waals surface area contributed by atoms with E-state index in [4.69, 9.17) is 12.2 Å². The molecule has 4 nitrogen and oxygen atoms in total. The van der Waals surface area contributed by atoms with Crippen LogP contribution >= 0.6 is 35.3 Å². The van der Waals surface area contributed by atoms with E-state index in [-0.39, 0.29) is 11.2 Å². The quantitative estimate of drug-likeness (QED) is 0.430. The van der Waals surface area contributed by atoms with E-state index in [1.54, 1.807) is 4.68 Å². The van der Waals surface area contributed by atoms with Gasteiger partial charge in [-0.1, -0.05) is 71.6 Å². The molecule has 1 amide bonds. The molecule has 0 N–H and O–H groups in total. The van der Waals surface area contributed by atoms with Gasteiger partial charge >= 0.3 is 0 Å². The summed E-state index contributed by atoms with van der Waals surface area (Å²) in [6.45, 7) is 1.69. The first-order chi connectivity index (χ1) is 13.2. The van der Waals surface area contributed by atoms with Crippen molar-refractivity contribution in [1.82, 2.24) is 14.7 Å². The second-order valence-electron chi connectivity index (χ2n) is 6.32. The fourth-order valence-electron chi connectivity index (χ4n) is 3.13. The summed E-state index contributed by atoms with van der Waals surface area (Å²) >= 11 is 8.45. The second-order valence-corrected chi connectivity index (χ2v) is 9.30. The Morgan fingerprint density at radius 1 is 1.04 bits per heavy atom. The van der Waals surface area contributed by atoms with E-state index in [2.05, 4.69) is 5.10 Å². The molecule has 4 rings (SSSR count). The fourth-order valence-corrected chi connectivity index (χ4v) is 5.77. The number of aromatic nitrogens is 2. The molecule has 1 saturated heterocycles. The van der Waals surface area contributed by atoms with Crippen LogP contribution in [0.3, 0.4) is 0 Å². The second kappa shape index (κ2) is 8.37. The van der Waals surface area contributed by atoms with E-state index < -0.39 is 0 Å². The van der Waals surface area contributed by atoms with E-state index in [1.165, 1.54) is 23.1 Å². The fraction of sp³-hybridized carbons (Fsp3) is 0.250. The van der Waals surface area contributed by atoms with Gasteiger partial charge in [-0.3, -0.25) is 4.79 Å². The zero-order valence-corrected chi connectivity index (χ0v) is 17.1. The predicted molar refractivity (Wildman–Crippen MR) is 113 cm³/mol. The Hall–Kier alpha value is -1.96. The summed E-state index contributed by atoms with van der Waals surface area (Å²) in [6, 6.07) is 19.8. The van der Waals surface area contributed by atoms with Crippen molar-refractivity contribution in [3.8, 4) is 5.69 Å². The topological polar surface area (TPSA) is 38.1 Å². The van der Waals surface area contributed by atoms with Gasteiger partial charge in [-0.2, -0.15) is 0 Å². The van der Waals surface area contributed by atoms with Crippen molar-refractivity contribution in [2.45, 2.75) is 22.4 Å². The van der Waals surface area contributed by atoms with Gasteiger partial charge in [0.25, 0.3) is 0 Å². The first kappa shape index (κ1) is 18.4. The lowest BCUT2D eigenvalue weighted by Gasteiger charge is -2.22. The minimum Gasteiger partial charge on any atom is -0.341 e. The Kier molecular flexibility index (Phi) is 5.71. The summed E-state index contributed by atoms with van der Waals surface area (Å²) in [5.41, 5.74) is 1.94. The van der Waals surface area contributed by atoms with Crippen molar-refractivity contribution in [3.63, 3.8) is 0 Å². The van der Waals surface area contributed by atoms with Gasteiger partial charge in [0.15, 0.2) is 8.29 Å². The van der Waals surface area contributed by atoms with Gasteiger partial charge in [-0.05, 0) is 42.8 Å². The van der Waals surface area contributed by atoms with Crippen LogP contribution in [0.4, 0.5) is 0 Å². The Morgan fingerprint density at radius 3 is 2.33 bits per heavy atom. The predicted octanol–water partition coefficient (Wildman–Crippen LogP) is 5.12. The molecule has 0 spiro atoms. The number of rotatable bonds is 5. The molecule has 3 aromatic rings. The zero-order valence-electron chi connectivity index (χ0n) is 14.7. The van der Waals surface area contributed by atoms with Crippen molar-refractivity contribution < 1.29 is 4.79 Å². The van der Waals surface area contributed by atoms with E-state index in [0.717, 1.165) is 41.5 Å². The summed E-state index contributed by atoms with van der Waals surface area (Å²) in [4.78, 5) is 15.1. The molecular formula is C20H19N3OS3. The highest BCUT2D eigenvalue weighted by Crippen LogP contribution is 2.39. The van der Waals surface area contributed by atoms with Gasteiger partial charge in [0.1, 0.15) is 5.25 Å². The lowest BCUT2D eigenvalue weighted by Crippen LogP contribution is -2.31. The smallest absolute Gasteiger partial charge is 0.240 e. The summed E-state index contributed by atoms with van der Waals surface area (Å²) in [5, 5.41) is 4.38. The largest absolute Gasteiger partial charge is 0.341 e. The maximum atomic E-state index is 13.2. The minimum absolute atomic E-state index is 0.163. The van der Waals surface area contributed by atoms with Crippen molar-refractivity contribution in [2.75, 3.05) is 13.1 Å². The highest BCUT2D eigenvalue weighted by Gasteiger charge is 2.29. The van der Waals surface area contributed by atoms with Gasteiger partial charge in [-0.15, -0.1) is 5.10 Å². The van der Waals surface area contributed by atoms with E-state index in [0.29, 0.717) is 3.95 Å². The van der Waals surface area contributed by atoms with E-state index >= 15 is 0 Å². The highest BCUT2D eigenvalue weighted by molar-refractivity contribution is 8.02. The van der Waals surface area contributed by atoms with Crippen LogP contribution in [0.25, 0.3) is 5.69 Å². The maximum Gasteiger partial charge on any atom is 0.240 e. The number of benzene rings is 2. The Bertz CT molecular complexity index is 963. The molecule has 2 aromatic carbocycles. The van der Waals surface area contributed by atoms with E-state index in [9.17, 15) is 4.79 Å². The molecule has 0 radical (unpaired) electrons. The van der Waals surface area contributed by atoms with Crippen molar-refractivity contribution in [2.24, 2.45) is 0 Å². The minimum atomic E-state index is -0.297. The van der Waals surface area contributed by atoms with Gasteiger partial charge in [-0.25, -0.2) is 4.68 Å². The number of hydrogen-bond acceptors (Lipinski definition) is 5. The number of para-hydroxylation sites is 1. The lowest BCUT2D eigenvalue weighted by atomic mass is 10.1. The Morgan fingerprint density at radius 2 is 1.67 bits per heavy atom. The van der Waals surface area contributed by atoms with Crippen molar-refractivity contribution in [3.05, 3.63) is 70.2 Å². The van der Waals surface area contributed by atoms with Crippen LogP contribution in [0.15, 0.2) is 65.0 Å². The molecule has 0 saturated carbocycles. The number of carbonyl (C=O) groups is 1. The molecule has 1 fully saturated rings. The number of carbonyl (C=O) groups excluding carboxylic acids is 1. The number of hydrogen-bond donors (Lipinski definition) is 0.